The van der Waals surface area contributed by atoms with Gasteiger partial charge in [0.1, 0.15) is 0 Å². The highest BCUT2D eigenvalue weighted by atomic mass is 16.2. The van der Waals surface area contributed by atoms with Crippen LogP contribution in [0.1, 0.15) is 46.0 Å². The number of nitrogens with one attached hydrogen (secondary N) is 2. The maximum atomic E-state index is 12.2. The first-order valence-corrected chi connectivity index (χ1v) is 7.79. The molecule has 2 N–H and O–H groups in total. The number of carbonyl (C=O) groups excluding carboxylic acids is 1. The zero-order chi connectivity index (χ0) is 14.4. The molecule has 0 spiro atoms. The molecule has 1 aromatic rings. The minimum Gasteiger partial charge on any atom is -0.325 e. The summed E-state index contributed by atoms with van der Waals surface area (Å²) in [6.45, 7) is 4.15. The highest BCUT2D eigenvalue weighted by Gasteiger charge is 2.23. The van der Waals surface area contributed by atoms with E-state index in [9.17, 15) is 4.79 Å². The van der Waals surface area contributed by atoms with E-state index in [1.54, 1.807) is 0 Å². The Hall–Kier alpha value is -1.35. The summed E-state index contributed by atoms with van der Waals surface area (Å²) in [6.07, 6.45) is 6.62. The molecule has 1 fully saturated rings. The zero-order valence-electron chi connectivity index (χ0n) is 12.6. The van der Waals surface area contributed by atoms with Crippen molar-refractivity contribution >= 4 is 11.6 Å². The third-order valence-corrected chi connectivity index (χ3v) is 4.30. The molecular formula is C17H26N2O. The Morgan fingerprint density at radius 1 is 1.10 bits per heavy atom. The van der Waals surface area contributed by atoms with Crippen LogP contribution in [0.15, 0.2) is 30.3 Å². The molecule has 1 aliphatic carbocycles. The van der Waals surface area contributed by atoms with Crippen LogP contribution in [-0.4, -0.2) is 18.0 Å². The van der Waals surface area contributed by atoms with E-state index in [0.29, 0.717) is 6.04 Å². The van der Waals surface area contributed by atoms with E-state index in [4.69, 9.17) is 0 Å². The first-order valence-electron chi connectivity index (χ1n) is 7.79. The Balaban J connectivity index is 1.81. The molecular weight excluding hydrogens is 248 g/mol. The lowest BCUT2D eigenvalue weighted by Gasteiger charge is -2.30. The fourth-order valence-electron chi connectivity index (χ4n) is 3.01. The number of rotatable bonds is 5. The van der Waals surface area contributed by atoms with E-state index in [-0.39, 0.29) is 11.9 Å². The summed E-state index contributed by atoms with van der Waals surface area (Å²) in [4.78, 5) is 12.2. The van der Waals surface area contributed by atoms with Crippen LogP contribution in [0.5, 0.6) is 0 Å². The van der Waals surface area contributed by atoms with Gasteiger partial charge in [0.2, 0.25) is 5.91 Å². The fraction of sp³-hybridized carbons (Fsp3) is 0.588. The molecule has 1 amide bonds. The smallest absolute Gasteiger partial charge is 0.241 e. The number of para-hydroxylation sites is 1. The first-order chi connectivity index (χ1) is 9.66. The van der Waals surface area contributed by atoms with Gasteiger partial charge in [-0.25, -0.2) is 0 Å². The van der Waals surface area contributed by atoms with Crippen LogP contribution in [0, 0.1) is 5.92 Å². The Kier molecular flexibility index (Phi) is 5.60. The van der Waals surface area contributed by atoms with Crippen LogP contribution < -0.4 is 10.6 Å². The zero-order valence-corrected chi connectivity index (χ0v) is 12.6. The van der Waals surface area contributed by atoms with Gasteiger partial charge in [-0.05, 0) is 44.7 Å². The molecule has 20 heavy (non-hydrogen) atoms. The quantitative estimate of drug-likeness (QED) is 0.861. The lowest BCUT2D eigenvalue weighted by atomic mass is 9.84. The summed E-state index contributed by atoms with van der Waals surface area (Å²) >= 11 is 0. The highest BCUT2D eigenvalue weighted by Crippen LogP contribution is 2.26. The fourth-order valence-corrected chi connectivity index (χ4v) is 3.01. The minimum atomic E-state index is -0.160. The second kappa shape index (κ2) is 7.44. The van der Waals surface area contributed by atoms with Gasteiger partial charge in [-0.15, -0.1) is 0 Å². The lowest BCUT2D eigenvalue weighted by molar-refractivity contribution is -0.118. The second-order valence-corrected chi connectivity index (χ2v) is 5.93. The monoisotopic (exact) mass is 274 g/mol. The van der Waals surface area contributed by atoms with Gasteiger partial charge < -0.3 is 10.6 Å². The summed E-state index contributed by atoms with van der Waals surface area (Å²) < 4.78 is 0. The van der Waals surface area contributed by atoms with Crippen molar-refractivity contribution in [2.45, 2.75) is 58.0 Å². The van der Waals surface area contributed by atoms with Crippen molar-refractivity contribution in [2.24, 2.45) is 5.92 Å². The SMILES string of the molecule is CC(NC(C)C1CCCCC1)C(=O)Nc1ccccc1. The van der Waals surface area contributed by atoms with Crippen molar-refractivity contribution in [3.05, 3.63) is 30.3 Å². The van der Waals surface area contributed by atoms with Gasteiger partial charge >= 0.3 is 0 Å². The molecule has 1 aromatic carbocycles. The normalized spacial score (nSPS) is 19.3. The average Bonchev–Trinajstić information content (AvgIpc) is 2.49. The summed E-state index contributed by atoms with van der Waals surface area (Å²) in [6, 6.07) is 9.88. The van der Waals surface area contributed by atoms with Crippen molar-refractivity contribution in [1.82, 2.24) is 5.32 Å². The summed E-state index contributed by atoms with van der Waals surface area (Å²) in [7, 11) is 0. The molecule has 110 valence electrons. The third kappa shape index (κ3) is 4.34. The minimum absolute atomic E-state index is 0.0406. The van der Waals surface area contributed by atoms with E-state index in [1.165, 1.54) is 32.1 Å². The summed E-state index contributed by atoms with van der Waals surface area (Å²) in [5.74, 6) is 0.759. The Morgan fingerprint density at radius 2 is 1.75 bits per heavy atom. The van der Waals surface area contributed by atoms with E-state index in [0.717, 1.165) is 11.6 Å². The van der Waals surface area contributed by atoms with Crippen molar-refractivity contribution < 1.29 is 4.79 Å². The van der Waals surface area contributed by atoms with Gasteiger partial charge in [0.05, 0.1) is 6.04 Å². The largest absolute Gasteiger partial charge is 0.325 e. The summed E-state index contributed by atoms with van der Waals surface area (Å²) in [5, 5.41) is 6.41. The standard InChI is InChI=1S/C17H26N2O/c1-13(15-9-5-3-6-10-15)18-14(2)17(20)19-16-11-7-4-8-12-16/h4,7-8,11-15,18H,3,5-6,9-10H2,1-2H3,(H,19,20). The van der Waals surface area contributed by atoms with Crippen LogP contribution >= 0.6 is 0 Å². The molecule has 0 bridgehead atoms. The van der Waals surface area contributed by atoms with E-state index < -0.39 is 0 Å². The van der Waals surface area contributed by atoms with Crippen molar-refractivity contribution in [1.29, 1.82) is 0 Å². The topological polar surface area (TPSA) is 41.1 Å². The van der Waals surface area contributed by atoms with E-state index in [1.807, 2.05) is 37.3 Å². The number of carbonyl (C=O) groups is 1. The van der Waals surface area contributed by atoms with Gasteiger partial charge in [-0.2, -0.15) is 0 Å². The van der Waals surface area contributed by atoms with Crippen molar-refractivity contribution in [3.8, 4) is 0 Å². The van der Waals surface area contributed by atoms with E-state index >= 15 is 0 Å². The van der Waals surface area contributed by atoms with Crippen LogP contribution in [0.2, 0.25) is 0 Å². The van der Waals surface area contributed by atoms with Gasteiger partial charge in [0.25, 0.3) is 0 Å². The molecule has 3 nitrogen and oxygen atoms in total. The van der Waals surface area contributed by atoms with Gasteiger partial charge in [0, 0.05) is 11.7 Å². The van der Waals surface area contributed by atoms with Gasteiger partial charge in [-0.1, -0.05) is 37.5 Å². The molecule has 0 heterocycles. The third-order valence-electron chi connectivity index (χ3n) is 4.30. The predicted octanol–water partition coefficient (Wildman–Crippen LogP) is 3.57. The number of hydrogen-bond donors (Lipinski definition) is 2. The highest BCUT2D eigenvalue weighted by molar-refractivity contribution is 5.94. The molecule has 2 rings (SSSR count). The molecule has 3 heteroatoms. The van der Waals surface area contributed by atoms with Crippen molar-refractivity contribution in [2.75, 3.05) is 5.32 Å². The average molecular weight is 274 g/mol. The molecule has 0 saturated heterocycles. The molecule has 2 atom stereocenters. The number of amides is 1. The summed E-state index contributed by atoms with van der Waals surface area (Å²) in [5.41, 5.74) is 0.858. The molecule has 2 unspecified atom stereocenters. The molecule has 1 aliphatic rings. The number of anilines is 1. The molecule has 0 radical (unpaired) electrons. The van der Waals surface area contributed by atoms with Crippen LogP contribution in [0.25, 0.3) is 0 Å². The predicted molar refractivity (Wildman–Crippen MR) is 83.7 cm³/mol. The van der Waals surface area contributed by atoms with Crippen LogP contribution in [0.3, 0.4) is 0 Å². The Labute approximate surface area is 122 Å². The van der Waals surface area contributed by atoms with E-state index in [2.05, 4.69) is 17.6 Å². The van der Waals surface area contributed by atoms with Gasteiger partial charge in [0.15, 0.2) is 0 Å². The van der Waals surface area contributed by atoms with Crippen LogP contribution in [-0.2, 0) is 4.79 Å². The van der Waals surface area contributed by atoms with Crippen molar-refractivity contribution in [3.63, 3.8) is 0 Å². The maximum Gasteiger partial charge on any atom is 0.241 e. The second-order valence-electron chi connectivity index (χ2n) is 5.93. The molecule has 1 saturated carbocycles. The Bertz CT molecular complexity index is 412. The lowest BCUT2D eigenvalue weighted by Crippen LogP contribution is -2.46. The maximum absolute atomic E-state index is 12.2. The Morgan fingerprint density at radius 3 is 2.40 bits per heavy atom. The first kappa shape index (κ1) is 15.0. The number of benzene rings is 1. The van der Waals surface area contributed by atoms with Gasteiger partial charge in [-0.3, -0.25) is 4.79 Å². The molecule has 0 aliphatic heterocycles. The van der Waals surface area contributed by atoms with Crippen LogP contribution in [0.4, 0.5) is 5.69 Å². The number of hydrogen-bond acceptors (Lipinski definition) is 2. The molecule has 0 aromatic heterocycles.